The molecule has 0 spiro atoms. The number of rotatable bonds is 10. The lowest BCUT2D eigenvalue weighted by atomic mass is 10.3. The normalized spacial score (nSPS) is 16.3. The summed E-state index contributed by atoms with van der Waals surface area (Å²) in [6, 6.07) is 0.308. The SMILES string of the molecule is CC(NCCN(C)C(N)=S)C1=CN(C(C)NCCN(C)C(N)=S)CS1. The van der Waals surface area contributed by atoms with E-state index in [0.29, 0.717) is 16.3 Å². The van der Waals surface area contributed by atoms with E-state index in [9.17, 15) is 0 Å². The smallest absolute Gasteiger partial charge is 0.166 e. The molecule has 0 aliphatic carbocycles. The molecule has 0 aromatic carbocycles. The first-order chi connectivity index (χ1) is 11.7. The van der Waals surface area contributed by atoms with Crippen LogP contribution in [0, 0.1) is 0 Å². The molecule has 2 atom stereocenters. The van der Waals surface area contributed by atoms with E-state index < -0.39 is 0 Å². The summed E-state index contributed by atoms with van der Waals surface area (Å²) < 4.78 is 0. The molecule has 1 rings (SSSR count). The van der Waals surface area contributed by atoms with Crippen LogP contribution in [0.3, 0.4) is 0 Å². The first-order valence-electron chi connectivity index (χ1n) is 8.30. The predicted octanol–water partition coefficient (Wildman–Crippen LogP) is 0.0986. The molecule has 2 unspecified atom stereocenters. The van der Waals surface area contributed by atoms with E-state index in [-0.39, 0.29) is 6.17 Å². The van der Waals surface area contributed by atoms with Crippen molar-refractivity contribution in [3.05, 3.63) is 11.1 Å². The van der Waals surface area contributed by atoms with Gasteiger partial charge in [-0.15, -0.1) is 11.8 Å². The second kappa shape index (κ2) is 11.0. The molecule has 0 bridgehead atoms. The molecule has 6 N–H and O–H groups in total. The van der Waals surface area contributed by atoms with Crippen LogP contribution in [0.1, 0.15) is 13.8 Å². The Morgan fingerprint density at radius 1 is 1.16 bits per heavy atom. The minimum Gasteiger partial charge on any atom is -0.376 e. The Hall–Kier alpha value is -0.810. The molecule has 0 fully saturated rings. The van der Waals surface area contributed by atoms with Crippen LogP contribution in [-0.4, -0.2) is 83.3 Å². The van der Waals surface area contributed by atoms with Gasteiger partial charge in [0.2, 0.25) is 0 Å². The van der Waals surface area contributed by atoms with E-state index in [1.165, 1.54) is 4.91 Å². The van der Waals surface area contributed by atoms with Crippen molar-refractivity contribution in [2.75, 3.05) is 46.2 Å². The topological polar surface area (TPSA) is 85.8 Å². The van der Waals surface area contributed by atoms with Gasteiger partial charge < -0.3 is 31.5 Å². The summed E-state index contributed by atoms with van der Waals surface area (Å²) in [6.45, 7) is 7.61. The molecule has 0 aromatic heterocycles. The third kappa shape index (κ3) is 7.95. The van der Waals surface area contributed by atoms with Crippen molar-refractivity contribution >= 4 is 46.4 Å². The quantitative estimate of drug-likeness (QED) is 0.375. The van der Waals surface area contributed by atoms with E-state index in [1.54, 1.807) is 0 Å². The molecular weight excluding hydrogens is 374 g/mol. The first-order valence-corrected chi connectivity index (χ1v) is 10.1. The highest BCUT2D eigenvalue weighted by Crippen LogP contribution is 2.28. The van der Waals surface area contributed by atoms with Gasteiger partial charge in [0, 0.05) is 57.4 Å². The van der Waals surface area contributed by atoms with Gasteiger partial charge >= 0.3 is 0 Å². The Labute approximate surface area is 166 Å². The lowest BCUT2D eigenvalue weighted by molar-refractivity contribution is 0.283. The van der Waals surface area contributed by atoms with Crippen molar-refractivity contribution in [2.24, 2.45) is 11.5 Å². The minimum absolute atomic E-state index is 0.262. The Morgan fingerprint density at radius 3 is 2.20 bits per heavy atom. The van der Waals surface area contributed by atoms with Crippen LogP contribution in [0.25, 0.3) is 0 Å². The van der Waals surface area contributed by atoms with E-state index in [2.05, 4.69) is 35.6 Å². The summed E-state index contributed by atoms with van der Waals surface area (Å²) in [5, 5.41) is 7.86. The molecule has 0 amide bonds. The van der Waals surface area contributed by atoms with Gasteiger partial charge in [-0.25, -0.2) is 0 Å². The van der Waals surface area contributed by atoms with Crippen LogP contribution in [0.5, 0.6) is 0 Å². The maximum Gasteiger partial charge on any atom is 0.166 e. The monoisotopic (exact) mass is 405 g/mol. The zero-order valence-corrected chi connectivity index (χ0v) is 17.9. The van der Waals surface area contributed by atoms with Gasteiger partial charge in [-0.1, -0.05) is 0 Å². The highest BCUT2D eigenvalue weighted by molar-refractivity contribution is 8.03. The number of hydrogen-bond acceptors (Lipinski definition) is 6. The largest absolute Gasteiger partial charge is 0.376 e. The Bertz CT molecular complexity index is 486. The van der Waals surface area contributed by atoms with Crippen LogP contribution in [0.2, 0.25) is 0 Å². The van der Waals surface area contributed by atoms with Gasteiger partial charge in [0.05, 0.1) is 12.0 Å². The first kappa shape index (κ1) is 22.2. The van der Waals surface area contributed by atoms with Crippen molar-refractivity contribution in [2.45, 2.75) is 26.1 Å². The fraction of sp³-hybridized carbons (Fsp3) is 0.733. The fourth-order valence-corrected chi connectivity index (χ4v) is 3.50. The summed E-state index contributed by atoms with van der Waals surface area (Å²) >= 11 is 11.8. The van der Waals surface area contributed by atoms with Crippen LogP contribution in [-0.2, 0) is 0 Å². The lowest BCUT2D eigenvalue weighted by Gasteiger charge is -2.26. The zero-order valence-electron chi connectivity index (χ0n) is 15.5. The molecule has 144 valence electrons. The number of nitrogens with one attached hydrogen (secondary N) is 2. The van der Waals surface area contributed by atoms with Crippen molar-refractivity contribution in [1.29, 1.82) is 0 Å². The average Bonchev–Trinajstić information content (AvgIpc) is 3.04. The van der Waals surface area contributed by atoms with E-state index in [1.807, 2.05) is 35.7 Å². The van der Waals surface area contributed by atoms with Gasteiger partial charge in [-0.3, -0.25) is 5.32 Å². The molecule has 0 saturated heterocycles. The molecule has 1 heterocycles. The fourth-order valence-electron chi connectivity index (χ4n) is 2.18. The summed E-state index contributed by atoms with van der Waals surface area (Å²) in [4.78, 5) is 7.38. The van der Waals surface area contributed by atoms with Gasteiger partial charge in [0.1, 0.15) is 0 Å². The number of hydrogen-bond donors (Lipinski definition) is 4. The van der Waals surface area contributed by atoms with Crippen molar-refractivity contribution in [3.8, 4) is 0 Å². The Kier molecular flexibility index (Phi) is 9.80. The third-order valence-corrected chi connectivity index (χ3v) is 5.98. The van der Waals surface area contributed by atoms with Gasteiger partial charge in [-0.2, -0.15) is 0 Å². The summed E-state index contributed by atoms with van der Waals surface area (Å²) in [5.74, 6) is 0.952. The number of nitrogens with two attached hydrogens (primary N) is 2. The van der Waals surface area contributed by atoms with Crippen LogP contribution in [0.15, 0.2) is 11.1 Å². The minimum atomic E-state index is 0.262. The number of thiocarbonyl (C=S) groups is 2. The maximum absolute atomic E-state index is 5.58. The number of thioether (sulfide) groups is 1. The zero-order chi connectivity index (χ0) is 19.0. The van der Waals surface area contributed by atoms with Crippen LogP contribution in [0.4, 0.5) is 0 Å². The molecule has 0 radical (unpaired) electrons. The second-order valence-corrected chi connectivity index (χ2v) is 8.00. The standard InChI is InChI=1S/C15H31N7S3/c1-11(18-5-7-20(3)14(16)23)13-9-22(10-25-13)12(2)19-6-8-21(4)15(17)24/h9,11-12,18-19H,5-8,10H2,1-4H3,(H2,16,23)(H2,17,24). The van der Waals surface area contributed by atoms with Gasteiger partial charge in [-0.05, 0) is 38.3 Å². The Morgan fingerprint density at radius 2 is 1.68 bits per heavy atom. The summed E-state index contributed by atoms with van der Waals surface area (Å²) in [7, 11) is 3.81. The molecule has 1 aliphatic heterocycles. The van der Waals surface area contributed by atoms with E-state index >= 15 is 0 Å². The predicted molar refractivity (Wildman–Crippen MR) is 116 cm³/mol. The second-order valence-electron chi connectivity index (χ2n) is 6.14. The lowest BCUT2D eigenvalue weighted by Crippen LogP contribution is -2.44. The molecule has 25 heavy (non-hydrogen) atoms. The Balaban J connectivity index is 2.34. The maximum atomic E-state index is 5.58. The highest BCUT2D eigenvalue weighted by atomic mass is 32.2. The number of likely N-dealkylation sites (N-methyl/N-ethyl adjacent to an activating group) is 2. The molecule has 0 saturated carbocycles. The molecule has 0 aromatic rings. The third-order valence-electron chi connectivity index (χ3n) is 4.13. The van der Waals surface area contributed by atoms with Gasteiger partial charge in [0.25, 0.3) is 0 Å². The van der Waals surface area contributed by atoms with Crippen molar-refractivity contribution < 1.29 is 0 Å². The molecule has 1 aliphatic rings. The van der Waals surface area contributed by atoms with Gasteiger partial charge in [0.15, 0.2) is 10.2 Å². The molecule has 10 heteroatoms. The van der Waals surface area contributed by atoms with Crippen molar-refractivity contribution in [3.63, 3.8) is 0 Å². The average molecular weight is 406 g/mol. The van der Waals surface area contributed by atoms with Crippen LogP contribution < -0.4 is 22.1 Å². The summed E-state index contributed by atoms with van der Waals surface area (Å²) in [5.41, 5.74) is 11.2. The van der Waals surface area contributed by atoms with E-state index in [0.717, 1.165) is 32.1 Å². The molecular formula is C15H31N7S3. The highest BCUT2D eigenvalue weighted by Gasteiger charge is 2.21. The molecule has 7 nitrogen and oxygen atoms in total. The van der Waals surface area contributed by atoms with Crippen molar-refractivity contribution in [1.82, 2.24) is 25.3 Å². The number of nitrogens with zero attached hydrogens (tertiary/aromatic N) is 3. The summed E-state index contributed by atoms with van der Waals surface area (Å²) in [6.07, 6.45) is 2.49. The van der Waals surface area contributed by atoms with Crippen LogP contribution >= 0.6 is 36.2 Å². The van der Waals surface area contributed by atoms with E-state index in [4.69, 9.17) is 35.9 Å².